The van der Waals surface area contributed by atoms with E-state index in [4.69, 9.17) is 43.9 Å². The van der Waals surface area contributed by atoms with E-state index < -0.39 is 25.8 Å². The van der Waals surface area contributed by atoms with E-state index in [2.05, 4.69) is 8.05 Å². The summed E-state index contributed by atoms with van der Waals surface area (Å²) in [5, 5.41) is 41.7. The second-order valence-electron chi connectivity index (χ2n) is 5.94. The van der Waals surface area contributed by atoms with Gasteiger partial charge in [0.2, 0.25) is 0 Å². The van der Waals surface area contributed by atoms with Gasteiger partial charge < -0.3 is 43.9 Å². The van der Waals surface area contributed by atoms with Crippen molar-refractivity contribution in [2.24, 2.45) is 0 Å². The zero-order valence-corrected chi connectivity index (χ0v) is 14.3. The third-order valence-corrected chi connectivity index (χ3v) is 3.83. The molecule has 5 N–H and O–H groups in total. The molecule has 2 aliphatic rings. The van der Waals surface area contributed by atoms with Gasteiger partial charge in [-0.25, -0.2) is 0 Å². The van der Waals surface area contributed by atoms with E-state index in [-0.39, 0.29) is 13.2 Å². The van der Waals surface area contributed by atoms with Crippen LogP contribution in [0.5, 0.6) is 0 Å². The van der Waals surface area contributed by atoms with Crippen LogP contribution in [-0.4, -0.2) is 85.6 Å². The van der Waals surface area contributed by atoms with E-state index >= 15 is 0 Å². The molecule has 2 heterocycles. The number of hydrogen-bond acceptors (Lipinski definition) is 9. The van der Waals surface area contributed by atoms with E-state index in [1.807, 2.05) is 13.8 Å². The molecule has 0 aromatic heterocycles. The van der Waals surface area contributed by atoms with E-state index in [0.29, 0.717) is 38.9 Å². The molecule has 0 bridgehead atoms. The van der Waals surface area contributed by atoms with Crippen LogP contribution in [-0.2, 0) is 18.6 Å². The van der Waals surface area contributed by atoms with Crippen molar-refractivity contribution in [3.05, 3.63) is 0 Å². The first kappa shape index (κ1) is 23.8. The largest absolute Gasteiger partial charge is 0.637 e. The molecule has 2 aliphatic heterocycles. The molecule has 138 valence electrons. The molecule has 0 aromatic rings. The normalized spacial score (nSPS) is 30.0. The van der Waals surface area contributed by atoms with E-state index in [1.54, 1.807) is 0 Å². The number of rotatable bonds is 4. The third-order valence-electron chi connectivity index (χ3n) is 3.83. The molecule has 0 aliphatic carbocycles. The van der Waals surface area contributed by atoms with E-state index in [1.165, 1.54) is 0 Å². The van der Waals surface area contributed by atoms with Crippen molar-refractivity contribution < 1.29 is 43.9 Å². The predicted molar refractivity (Wildman–Crippen MR) is 87.4 cm³/mol. The molecule has 2 atom stereocenters. The Hall–Kier alpha value is -0.165. The Morgan fingerprint density at radius 2 is 1.17 bits per heavy atom. The summed E-state index contributed by atoms with van der Waals surface area (Å²) in [7, 11) is 1.25. The highest BCUT2D eigenvalue weighted by Crippen LogP contribution is 2.25. The van der Waals surface area contributed by atoms with Crippen LogP contribution in [0.2, 0.25) is 0 Å². The highest BCUT2D eigenvalue weighted by Gasteiger charge is 2.36. The first-order valence-electron chi connectivity index (χ1n) is 7.75. The van der Waals surface area contributed by atoms with Crippen molar-refractivity contribution in [2.75, 3.05) is 26.4 Å². The summed E-state index contributed by atoms with van der Waals surface area (Å²) in [4.78, 5) is 0. The molecule has 2 saturated heterocycles. The van der Waals surface area contributed by atoms with Crippen LogP contribution in [0, 0.1) is 0 Å². The molecule has 9 nitrogen and oxygen atoms in total. The lowest BCUT2D eigenvalue weighted by Gasteiger charge is -2.34. The average molecular weight is 348 g/mol. The van der Waals surface area contributed by atoms with E-state index in [0.717, 1.165) is 0 Å². The van der Waals surface area contributed by atoms with Gasteiger partial charge in [-0.1, -0.05) is 0 Å². The fourth-order valence-corrected chi connectivity index (χ4v) is 2.26. The number of hydrogen-bond donors (Lipinski definition) is 5. The van der Waals surface area contributed by atoms with Gasteiger partial charge in [0, 0.05) is 26.4 Å². The minimum Gasteiger partial charge on any atom is -0.461 e. The summed E-state index contributed by atoms with van der Waals surface area (Å²) in [6.45, 7) is 4.83. The summed E-state index contributed by atoms with van der Waals surface area (Å²) < 4.78 is 19.7. The predicted octanol–water partition coefficient (Wildman–Crippen LogP) is -1.85. The fourth-order valence-electron chi connectivity index (χ4n) is 2.26. The summed E-state index contributed by atoms with van der Waals surface area (Å²) in [5.41, 5.74) is -0.848. The molecule has 2 fully saturated rings. The molecule has 0 aromatic carbocycles. The second-order valence-corrected chi connectivity index (χ2v) is 5.94. The van der Waals surface area contributed by atoms with Crippen molar-refractivity contribution in [1.29, 1.82) is 0 Å². The summed E-state index contributed by atoms with van der Waals surface area (Å²) >= 11 is 0. The molecule has 0 amide bonds. The minimum absolute atomic E-state index is 0.0726. The van der Waals surface area contributed by atoms with Gasteiger partial charge in [0.25, 0.3) is 8.05 Å². The van der Waals surface area contributed by atoms with Gasteiger partial charge in [0.1, 0.15) is 0 Å². The first-order chi connectivity index (χ1) is 11.3. The van der Waals surface area contributed by atoms with Gasteiger partial charge >= 0.3 is 14.6 Å². The Labute approximate surface area is 144 Å². The van der Waals surface area contributed by atoms with Crippen LogP contribution in [0.15, 0.2) is 0 Å². The van der Waals surface area contributed by atoms with Crippen molar-refractivity contribution in [3.63, 3.8) is 0 Å². The highest BCUT2D eigenvalue weighted by atomic mass is 16.7. The Bertz CT molecular complexity index is 290. The van der Waals surface area contributed by atoms with E-state index in [9.17, 15) is 0 Å². The maximum Gasteiger partial charge on any atom is 0.637 e. The Kier molecular flexibility index (Phi) is 12.1. The Morgan fingerprint density at radius 3 is 1.42 bits per heavy atom. The zero-order chi connectivity index (χ0) is 18.6. The van der Waals surface area contributed by atoms with Crippen molar-refractivity contribution >= 4 is 22.7 Å². The maximum absolute atomic E-state index is 8.95. The van der Waals surface area contributed by atoms with Gasteiger partial charge in [-0.3, -0.25) is 0 Å². The van der Waals surface area contributed by atoms with Gasteiger partial charge in [0.05, 0.1) is 11.2 Å². The van der Waals surface area contributed by atoms with Gasteiger partial charge in [-0.05, 0) is 39.5 Å². The van der Waals surface area contributed by atoms with Crippen LogP contribution in [0.3, 0.4) is 0 Å². The lowest BCUT2D eigenvalue weighted by molar-refractivity contribution is -0.0508. The average Bonchev–Trinajstić information content (AvgIpc) is 2.49. The molecular formula is C12H27B3O9. The topological polar surface area (TPSA) is 138 Å². The van der Waals surface area contributed by atoms with Crippen LogP contribution in [0.4, 0.5) is 0 Å². The molecule has 0 spiro atoms. The molecule has 2 unspecified atom stereocenters. The van der Waals surface area contributed by atoms with Crippen LogP contribution in [0.1, 0.15) is 39.5 Å². The van der Waals surface area contributed by atoms with Crippen LogP contribution in [0.25, 0.3) is 0 Å². The summed E-state index contributed by atoms with van der Waals surface area (Å²) in [6.07, 6.45) is 2.50. The minimum atomic E-state index is -1.12. The number of aliphatic hydroxyl groups excluding tert-OH is 2. The monoisotopic (exact) mass is 348 g/mol. The first-order valence-corrected chi connectivity index (χ1v) is 7.75. The molecule has 0 saturated carbocycles. The molecule has 12 heteroatoms. The SMILES string of the molecule is CC1(CCO)CCOB(O)O1.CC1(CCO)CCOB(O)O1.[B]O. The van der Waals surface area contributed by atoms with Gasteiger partial charge in [-0.15, -0.1) is 0 Å². The lowest BCUT2D eigenvalue weighted by Crippen LogP contribution is -2.44. The fraction of sp³-hybridized carbons (Fsp3) is 1.00. The lowest BCUT2D eigenvalue weighted by atomic mass is 9.94. The Balaban J connectivity index is 0.000000400. The van der Waals surface area contributed by atoms with Crippen LogP contribution >= 0.6 is 0 Å². The molecular weight excluding hydrogens is 321 g/mol. The molecule has 2 radical (unpaired) electrons. The smallest absolute Gasteiger partial charge is 0.461 e. The molecule has 24 heavy (non-hydrogen) atoms. The van der Waals surface area contributed by atoms with Crippen LogP contribution < -0.4 is 0 Å². The van der Waals surface area contributed by atoms with Gasteiger partial charge in [0.15, 0.2) is 0 Å². The Morgan fingerprint density at radius 1 is 0.833 bits per heavy atom. The summed E-state index contributed by atoms with van der Waals surface area (Å²) in [5.74, 6) is 0. The number of aliphatic hydroxyl groups is 2. The zero-order valence-electron chi connectivity index (χ0n) is 14.3. The third kappa shape index (κ3) is 9.35. The quantitative estimate of drug-likeness (QED) is 0.371. The molecule has 2 rings (SSSR count). The van der Waals surface area contributed by atoms with Crippen molar-refractivity contribution in [1.82, 2.24) is 0 Å². The van der Waals surface area contributed by atoms with Crippen molar-refractivity contribution in [3.8, 4) is 0 Å². The standard InChI is InChI=1S/2C6H13BO4.BHO/c2*1-6(2-4-8)3-5-10-7(9)11-6;1-2/h2*8-9H,2-5H2,1H3;2H. The van der Waals surface area contributed by atoms with Gasteiger partial charge in [-0.2, -0.15) is 0 Å². The second kappa shape index (κ2) is 12.2. The maximum atomic E-state index is 8.95. The highest BCUT2D eigenvalue weighted by molar-refractivity contribution is 6.35. The summed E-state index contributed by atoms with van der Waals surface area (Å²) in [6, 6.07) is 0. The van der Waals surface area contributed by atoms with Crippen molar-refractivity contribution in [2.45, 2.75) is 50.7 Å².